The van der Waals surface area contributed by atoms with E-state index in [1.54, 1.807) is 0 Å². The molecule has 0 saturated carbocycles. The van der Waals surface area contributed by atoms with Crippen LogP contribution in [0.3, 0.4) is 0 Å². The van der Waals surface area contributed by atoms with E-state index in [1.165, 1.54) is 0 Å². The zero-order valence-electron chi connectivity index (χ0n) is 12.5. The molecule has 23 heavy (non-hydrogen) atoms. The van der Waals surface area contributed by atoms with E-state index in [2.05, 4.69) is 40.7 Å². The van der Waals surface area contributed by atoms with Crippen molar-refractivity contribution in [2.75, 3.05) is 23.7 Å². The Hall–Kier alpha value is -1.29. The van der Waals surface area contributed by atoms with Crippen molar-refractivity contribution in [3.05, 3.63) is 34.3 Å². The Morgan fingerprint density at radius 2 is 2.04 bits per heavy atom. The minimum atomic E-state index is -1.07. The molecule has 1 atom stereocenters. The van der Waals surface area contributed by atoms with Gasteiger partial charge in [0.05, 0.1) is 6.04 Å². The summed E-state index contributed by atoms with van der Waals surface area (Å²) in [6.07, 6.45) is 1.82. The zero-order chi connectivity index (χ0) is 16.2. The van der Waals surface area contributed by atoms with Gasteiger partial charge >= 0.3 is 0 Å². The van der Waals surface area contributed by atoms with Gasteiger partial charge in [-0.25, -0.2) is 5.10 Å². The fourth-order valence-corrected chi connectivity index (χ4v) is 4.03. The highest BCUT2D eigenvalue weighted by Crippen LogP contribution is 2.18. The molecule has 1 unspecified atom stereocenters. The van der Waals surface area contributed by atoms with Crippen LogP contribution in [0.2, 0.25) is 0 Å². The monoisotopic (exact) mass is 398 g/mol. The van der Waals surface area contributed by atoms with Gasteiger partial charge in [0, 0.05) is 34.5 Å². The molecule has 0 aliphatic carbocycles. The Morgan fingerprint density at radius 1 is 1.35 bits per heavy atom. The molecule has 4 N–H and O–H groups in total. The lowest BCUT2D eigenvalue weighted by atomic mass is 10.1. The number of rotatable bonds is 5. The highest BCUT2D eigenvalue weighted by Gasteiger charge is 2.24. The quantitative estimate of drug-likeness (QED) is 0.660. The molecule has 0 spiro atoms. The fraction of sp³-hybridized carbons (Fsp3) is 0.429. The Kier molecular flexibility index (Phi) is 5.42. The SMILES string of the molecule is Nc1n[nH]c(N2CCC(N[S+]([O-])Cc3ccc(Br)cc3)CC2)n1. The average Bonchev–Trinajstić information content (AvgIpc) is 2.97. The lowest BCUT2D eigenvalue weighted by Crippen LogP contribution is -2.45. The molecule has 1 aliphatic rings. The zero-order valence-corrected chi connectivity index (χ0v) is 14.9. The van der Waals surface area contributed by atoms with Crippen LogP contribution >= 0.6 is 15.9 Å². The molecule has 0 bridgehead atoms. The number of nitrogens with one attached hydrogen (secondary N) is 2. The maximum absolute atomic E-state index is 12.3. The largest absolute Gasteiger partial charge is 0.598 e. The molecule has 7 nitrogen and oxygen atoms in total. The van der Waals surface area contributed by atoms with E-state index in [9.17, 15) is 4.55 Å². The molecule has 1 aliphatic heterocycles. The van der Waals surface area contributed by atoms with Crippen molar-refractivity contribution in [2.45, 2.75) is 24.6 Å². The van der Waals surface area contributed by atoms with Crippen LogP contribution in [0.15, 0.2) is 28.7 Å². The third-order valence-corrected chi connectivity index (χ3v) is 5.51. The number of benzene rings is 1. The van der Waals surface area contributed by atoms with Crippen molar-refractivity contribution in [3.8, 4) is 0 Å². The number of anilines is 2. The molecule has 3 rings (SSSR count). The summed E-state index contributed by atoms with van der Waals surface area (Å²) in [5.41, 5.74) is 6.59. The number of aromatic amines is 1. The number of halogens is 1. The molecule has 1 aromatic carbocycles. The van der Waals surface area contributed by atoms with Crippen LogP contribution in [0.4, 0.5) is 11.9 Å². The van der Waals surface area contributed by atoms with E-state index < -0.39 is 11.4 Å². The number of nitrogen functional groups attached to an aromatic ring is 1. The maximum Gasteiger partial charge on any atom is 0.241 e. The summed E-state index contributed by atoms with van der Waals surface area (Å²) in [5.74, 6) is 1.49. The maximum atomic E-state index is 12.3. The van der Waals surface area contributed by atoms with E-state index in [4.69, 9.17) is 5.73 Å². The molecule has 9 heteroatoms. The molecule has 2 aromatic rings. The van der Waals surface area contributed by atoms with E-state index >= 15 is 0 Å². The molecule has 1 aromatic heterocycles. The summed E-state index contributed by atoms with van der Waals surface area (Å²) in [7, 11) is 0. The van der Waals surface area contributed by atoms with Gasteiger partial charge in [0.2, 0.25) is 11.9 Å². The summed E-state index contributed by atoms with van der Waals surface area (Å²) < 4.78 is 16.5. The van der Waals surface area contributed by atoms with Gasteiger partial charge in [0.15, 0.2) is 5.75 Å². The summed E-state index contributed by atoms with van der Waals surface area (Å²) in [4.78, 5) is 6.25. The Bertz CT molecular complexity index is 628. The molecule has 124 valence electrons. The Morgan fingerprint density at radius 3 is 2.65 bits per heavy atom. The molecule has 2 heterocycles. The molecule has 1 saturated heterocycles. The standard InChI is InChI=1S/C14H19BrN6OS/c15-11-3-1-10(2-4-11)9-23(22)20-12-5-7-21(8-6-12)14-17-13(16)18-19-14/h1-4,12,20H,5-9H2,(H3,16,17,18,19). The summed E-state index contributed by atoms with van der Waals surface area (Å²) in [6, 6.07) is 8.16. The normalized spacial score (nSPS) is 17.4. The third kappa shape index (κ3) is 4.60. The Balaban J connectivity index is 1.45. The van der Waals surface area contributed by atoms with Gasteiger partial charge in [-0.05, 0) is 25.0 Å². The highest BCUT2D eigenvalue weighted by molar-refractivity contribution is 9.10. The van der Waals surface area contributed by atoms with Crippen molar-refractivity contribution in [1.29, 1.82) is 0 Å². The van der Waals surface area contributed by atoms with Crippen molar-refractivity contribution in [3.63, 3.8) is 0 Å². The molecule has 0 amide bonds. The van der Waals surface area contributed by atoms with Crippen LogP contribution in [0.25, 0.3) is 0 Å². The van der Waals surface area contributed by atoms with E-state index in [-0.39, 0.29) is 12.0 Å². The van der Waals surface area contributed by atoms with Crippen LogP contribution < -0.4 is 15.4 Å². The number of hydrogen-bond donors (Lipinski definition) is 3. The first-order valence-corrected chi connectivity index (χ1v) is 9.53. The van der Waals surface area contributed by atoms with Gasteiger partial charge in [0.1, 0.15) is 0 Å². The second-order valence-corrected chi connectivity index (χ2v) is 7.64. The van der Waals surface area contributed by atoms with Gasteiger partial charge < -0.3 is 15.2 Å². The second-order valence-electron chi connectivity index (χ2n) is 5.51. The third-order valence-electron chi connectivity index (χ3n) is 3.79. The number of hydrogen-bond acceptors (Lipinski definition) is 6. The summed E-state index contributed by atoms with van der Waals surface area (Å²) in [6.45, 7) is 1.67. The topological polar surface area (TPSA) is 106 Å². The van der Waals surface area contributed by atoms with Gasteiger partial charge in [-0.3, -0.25) is 0 Å². The average molecular weight is 399 g/mol. The van der Waals surface area contributed by atoms with Gasteiger partial charge in [-0.2, -0.15) is 4.98 Å². The summed E-state index contributed by atoms with van der Waals surface area (Å²) in [5, 5.41) is 6.67. The molecule has 0 radical (unpaired) electrons. The first kappa shape index (κ1) is 16.6. The number of piperidine rings is 1. The first-order chi connectivity index (χ1) is 11.1. The van der Waals surface area contributed by atoms with Crippen LogP contribution in [-0.2, 0) is 17.1 Å². The number of nitrogens with two attached hydrogens (primary N) is 1. The van der Waals surface area contributed by atoms with Crippen molar-refractivity contribution in [1.82, 2.24) is 19.9 Å². The number of H-pyrrole nitrogens is 1. The second kappa shape index (κ2) is 7.52. The van der Waals surface area contributed by atoms with Gasteiger partial charge in [-0.1, -0.05) is 28.1 Å². The van der Waals surface area contributed by atoms with E-state index in [0.717, 1.165) is 36.0 Å². The van der Waals surface area contributed by atoms with E-state index in [0.29, 0.717) is 11.7 Å². The van der Waals surface area contributed by atoms with E-state index in [1.807, 2.05) is 24.3 Å². The lowest BCUT2D eigenvalue weighted by molar-refractivity contribution is 0.456. The smallest absolute Gasteiger partial charge is 0.241 e. The van der Waals surface area contributed by atoms with Crippen molar-refractivity contribution >= 4 is 39.2 Å². The molecular weight excluding hydrogens is 380 g/mol. The van der Waals surface area contributed by atoms with Crippen LogP contribution in [0.5, 0.6) is 0 Å². The molecular formula is C14H19BrN6OS. The fourth-order valence-electron chi connectivity index (χ4n) is 2.58. The minimum absolute atomic E-state index is 0.253. The minimum Gasteiger partial charge on any atom is -0.598 e. The number of aromatic nitrogens is 3. The van der Waals surface area contributed by atoms with Gasteiger partial charge in [0.25, 0.3) is 0 Å². The van der Waals surface area contributed by atoms with Crippen LogP contribution in [0.1, 0.15) is 18.4 Å². The number of nitrogens with zero attached hydrogens (tertiary/aromatic N) is 3. The predicted octanol–water partition coefficient (Wildman–Crippen LogP) is 1.57. The molecule has 1 fully saturated rings. The van der Waals surface area contributed by atoms with Gasteiger partial charge in [-0.15, -0.1) is 9.82 Å². The predicted molar refractivity (Wildman–Crippen MR) is 95.2 cm³/mol. The van der Waals surface area contributed by atoms with Crippen LogP contribution in [-0.4, -0.2) is 38.9 Å². The Labute approximate surface area is 146 Å². The lowest BCUT2D eigenvalue weighted by Gasteiger charge is -2.31. The highest BCUT2D eigenvalue weighted by atomic mass is 79.9. The van der Waals surface area contributed by atoms with Crippen molar-refractivity contribution < 1.29 is 4.55 Å². The summed E-state index contributed by atoms with van der Waals surface area (Å²) >= 11 is 2.34. The van der Waals surface area contributed by atoms with Crippen molar-refractivity contribution in [2.24, 2.45) is 0 Å². The van der Waals surface area contributed by atoms with Crippen LogP contribution in [0, 0.1) is 0 Å². The first-order valence-electron chi connectivity index (χ1n) is 7.42.